The number of hydrogen-bond donors (Lipinski definition) is 2. The molecule has 0 bridgehead atoms. The first-order valence-electron chi connectivity index (χ1n) is 9.19. The van der Waals surface area contributed by atoms with E-state index in [-0.39, 0.29) is 17.9 Å². The maximum Gasteiger partial charge on any atom is 0.408 e. The predicted octanol–water partition coefficient (Wildman–Crippen LogP) is 2.41. The number of nitrogens with zero attached hydrogens (tertiary/aromatic N) is 1. The number of nitrogens with one attached hydrogen (secondary N) is 1. The molecule has 3 N–H and O–H groups in total. The van der Waals surface area contributed by atoms with E-state index in [1.165, 1.54) is 6.42 Å². The Morgan fingerprint density at radius 2 is 1.71 bits per heavy atom. The highest BCUT2D eigenvalue weighted by Gasteiger charge is 2.37. The van der Waals surface area contributed by atoms with Gasteiger partial charge in [-0.1, -0.05) is 0 Å². The molecule has 0 unspecified atom stereocenters. The second-order valence-electron chi connectivity index (χ2n) is 8.33. The fraction of sp³-hybridized carbons (Fsp3) is 0.889. The van der Waals surface area contributed by atoms with Gasteiger partial charge in [0.15, 0.2) is 0 Å². The average molecular weight is 339 g/mol. The number of carbonyl (C=O) groups is 2. The summed E-state index contributed by atoms with van der Waals surface area (Å²) in [5.41, 5.74) is 5.41. The molecule has 1 atom stereocenters. The topological polar surface area (TPSA) is 84.7 Å². The van der Waals surface area contributed by atoms with Gasteiger partial charge in [0, 0.05) is 19.1 Å². The van der Waals surface area contributed by atoms with Crippen LogP contribution in [-0.4, -0.2) is 47.7 Å². The van der Waals surface area contributed by atoms with Crippen LogP contribution < -0.4 is 11.1 Å². The maximum absolute atomic E-state index is 13.0. The molecule has 2 amide bonds. The monoisotopic (exact) mass is 339 g/mol. The summed E-state index contributed by atoms with van der Waals surface area (Å²) in [4.78, 5) is 27.0. The van der Waals surface area contributed by atoms with Crippen molar-refractivity contribution >= 4 is 12.0 Å². The quantitative estimate of drug-likeness (QED) is 0.824. The van der Waals surface area contributed by atoms with Crippen LogP contribution in [0.4, 0.5) is 4.79 Å². The molecule has 0 radical (unpaired) electrons. The lowest BCUT2D eigenvalue weighted by atomic mass is 9.81. The van der Waals surface area contributed by atoms with Gasteiger partial charge in [-0.15, -0.1) is 0 Å². The summed E-state index contributed by atoms with van der Waals surface area (Å²) >= 11 is 0. The molecule has 2 aliphatic rings. The molecular weight excluding hydrogens is 306 g/mol. The summed E-state index contributed by atoms with van der Waals surface area (Å²) in [6.07, 6.45) is 6.30. The van der Waals surface area contributed by atoms with Crippen molar-refractivity contribution in [3.8, 4) is 0 Å². The summed E-state index contributed by atoms with van der Waals surface area (Å²) in [5.74, 6) is 0.137. The number of hydrogen-bond acceptors (Lipinski definition) is 4. The number of nitrogens with two attached hydrogens (primary N) is 1. The van der Waals surface area contributed by atoms with Crippen LogP contribution in [0.3, 0.4) is 0 Å². The van der Waals surface area contributed by atoms with E-state index in [0.29, 0.717) is 6.04 Å². The number of carbonyl (C=O) groups excluding carboxylic acids is 2. The van der Waals surface area contributed by atoms with Crippen LogP contribution in [0, 0.1) is 5.92 Å². The smallest absolute Gasteiger partial charge is 0.408 e. The molecule has 2 aliphatic carbocycles. The minimum atomic E-state index is -0.577. The zero-order chi connectivity index (χ0) is 17.9. The predicted molar refractivity (Wildman–Crippen MR) is 93.5 cm³/mol. The van der Waals surface area contributed by atoms with E-state index in [2.05, 4.69) is 5.32 Å². The van der Waals surface area contributed by atoms with Gasteiger partial charge in [-0.25, -0.2) is 4.79 Å². The third-order valence-electron chi connectivity index (χ3n) is 5.20. The van der Waals surface area contributed by atoms with E-state index in [1.54, 1.807) is 0 Å². The summed E-state index contributed by atoms with van der Waals surface area (Å²) in [5, 5.41) is 2.85. The molecule has 0 saturated heterocycles. The molecule has 24 heavy (non-hydrogen) atoms. The Hall–Kier alpha value is -1.30. The van der Waals surface area contributed by atoms with E-state index in [9.17, 15) is 9.59 Å². The van der Waals surface area contributed by atoms with E-state index in [0.717, 1.165) is 38.5 Å². The van der Waals surface area contributed by atoms with E-state index < -0.39 is 17.7 Å². The highest BCUT2D eigenvalue weighted by molar-refractivity contribution is 5.86. The van der Waals surface area contributed by atoms with Crippen LogP contribution in [0.2, 0.25) is 0 Å². The fourth-order valence-electron chi connectivity index (χ4n) is 3.47. The first kappa shape index (κ1) is 19.0. The molecule has 6 nitrogen and oxygen atoms in total. The summed E-state index contributed by atoms with van der Waals surface area (Å²) < 4.78 is 5.37. The largest absolute Gasteiger partial charge is 0.444 e. The van der Waals surface area contributed by atoms with Crippen molar-refractivity contribution in [1.29, 1.82) is 0 Å². The van der Waals surface area contributed by atoms with Gasteiger partial charge in [0.1, 0.15) is 11.6 Å². The Bertz CT molecular complexity index is 449. The van der Waals surface area contributed by atoms with Crippen LogP contribution in [0.1, 0.15) is 65.7 Å². The van der Waals surface area contributed by atoms with Gasteiger partial charge in [-0.3, -0.25) is 4.79 Å². The Morgan fingerprint density at radius 1 is 1.12 bits per heavy atom. The van der Waals surface area contributed by atoms with Gasteiger partial charge in [-0.2, -0.15) is 0 Å². The third-order valence-corrected chi connectivity index (χ3v) is 5.20. The Balaban J connectivity index is 2.05. The normalized spacial score (nSPS) is 26.2. The molecular formula is C18H33N3O3. The lowest BCUT2D eigenvalue weighted by Gasteiger charge is -2.40. The average Bonchev–Trinajstić information content (AvgIpc) is 2.41. The van der Waals surface area contributed by atoms with Crippen molar-refractivity contribution in [1.82, 2.24) is 10.2 Å². The molecule has 0 spiro atoms. The van der Waals surface area contributed by atoms with Gasteiger partial charge < -0.3 is 20.7 Å². The van der Waals surface area contributed by atoms with Crippen LogP contribution in [0.15, 0.2) is 0 Å². The van der Waals surface area contributed by atoms with E-state index in [4.69, 9.17) is 10.5 Å². The number of ether oxygens (including phenoxy) is 1. The summed E-state index contributed by atoms with van der Waals surface area (Å²) in [6, 6.07) is 0.00660. The summed E-state index contributed by atoms with van der Waals surface area (Å²) in [7, 11) is 1.85. The van der Waals surface area contributed by atoms with Crippen molar-refractivity contribution < 1.29 is 14.3 Å². The van der Waals surface area contributed by atoms with Gasteiger partial charge in [0.05, 0.1) is 0 Å². The molecule has 0 aliphatic heterocycles. The van der Waals surface area contributed by atoms with Gasteiger partial charge >= 0.3 is 6.09 Å². The lowest BCUT2D eigenvalue weighted by molar-refractivity contribution is -0.137. The second kappa shape index (κ2) is 7.72. The van der Waals surface area contributed by atoms with E-state index >= 15 is 0 Å². The van der Waals surface area contributed by atoms with Crippen molar-refractivity contribution in [2.45, 2.75) is 89.4 Å². The number of amides is 2. The first-order valence-corrected chi connectivity index (χ1v) is 9.19. The Kier molecular flexibility index (Phi) is 6.12. The molecule has 0 aromatic carbocycles. The SMILES string of the molecule is CN(C(=O)[C@@H](NC(=O)OC(C)(C)C)[C@H]1CC[C@H](N)CC1)C1CCC1. The molecule has 2 fully saturated rings. The van der Waals surface area contributed by atoms with Crippen molar-refractivity contribution in [2.24, 2.45) is 11.7 Å². The number of likely N-dealkylation sites (N-methyl/N-ethyl adjacent to an activating group) is 1. The maximum atomic E-state index is 13.0. The molecule has 6 heteroatoms. The highest BCUT2D eigenvalue weighted by Crippen LogP contribution is 2.29. The lowest BCUT2D eigenvalue weighted by Crippen LogP contribution is -2.56. The minimum Gasteiger partial charge on any atom is -0.444 e. The zero-order valence-electron chi connectivity index (χ0n) is 15.5. The molecule has 138 valence electrons. The first-order chi connectivity index (χ1) is 11.2. The molecule has 2 rings (SSSR count). The Morgan fingerprint density at radius 3 is 2.17 bits per heavy atom. The van der Waals surface area contributed by atoms with Crippen molar-refractivity contribution in [3.05, 3.63) is 0 Å². The minimum absolute atomic E-state index is 0.00558. The molecule has 0 aromatic rings. The molecule has 0 heterocycles. The Labute approximate surface area is 145 Å². The van der Waals surface area contributed by atoms with Crippen LogP contribution in [0.5, 0.6) is 0 Å². The highest BCUT2D eigenvalue weighted by atomic mass is 16.6. The standard InChI is InChI=1S/C18H33N3O3/c1-18(2,3)24-17(23)20-15(12-8-10-13(19)11-9-12)16(22)21(4)14-6-5-7-14/h12-15H,5-11,19H2,1-4H3,(H,20,23)/t12-,13-,15-/m0/s1. The zero-order valence-corrected chi connectivity index (χ0v) is 15.5. The third kappa shape index (κ3) is 5.10. The van der Waals surface area contributed by atoms with Crippen molar-refractivity contribution in [2.75, 3.05) is 7.05 Å². The van der Waals surface area contributed by atoms with Crippen LogP contribution in [0.25, 0.3) is 0 Å². The van der Waals surface area contributed by atoms with Gasteiger partial charge in [0.2, 0.25) is 5.91 Å². The van der Waals surface area contributed by atoms with Crippen LogP contribution >= 0.6 is 0 Å². The number of alkyl carbamates (subject to hydrolysis) is 1. The second-order valence-corrected chi connectivity index (χ2v) is 8.33. The van der Waals surface area contributed by atoms with E-state index in [1.807, 2.05) is 32.7 Å². The van der Waals surface area contributed by atoms with Crippen LogP contribution in [-0.2, 0) is 9.53 Å². The fourth-order valence-corrected chi connectivity index (χ4v) is 3.47. The van der Waals surface area contributed by atoms with Gasteiger partial charge in [-0.05, 0) is 71.6 Å². The number of rotatable bonds is 4. The summed E-state index contributed by atoms with van der Waals surface area (Å²) in [6.45, 7) is 5.47. The molecule has 2 saturated carbocycles. The van der Waals surface area contributed by atoms with Crippen molar-refractivity contribution in [3.63, 3.8) is 0 Å². The van der Waals surface area contributed by atoms with Gasteiger partial charge in [0.25, 0.3) is 0 Å². The molecule has 0 aromatic heterocycles.